The molecule has 0 saturated carbocycles. The van der Waals surface area contributed by atoms with E-state index in [1.165, 1.54) is 18.3 Å². The van der Waals surface area contributed by atoms with Crippen LogP contribution >= 0.6 is 11.3 Å². The Morgan fingerprint density at radius 3 is 2.30 bits per heavy atom. The molecular formula is C25H26N2O5S. The van der Waals surface area contributed by atoms with E-state index in [-0.39, 0.29) is 11.5 Å². The summed E-state index contributed by atoms with van der Waals surface area (Å²) in [6.45, 7) is 7.30. The summed E-state index contributed by atoms with van der Waals surface area (Å²) in [6.07, 6.45) is -1.21. The largest absolute Gasteiger partial charge is 0.492 e. The quantitative estimate of drug-likeness (QED) is 0.442. The fourth-order valence-electron chi connectivity index (χ4n) is 3.24. The Labute approximate surface area is 196 Å². The Hall–Kier alpha value is -3.65. The van der Waals surface area contributed by atoms with Crippen LogP contribution in [0.5, 0.6) is 5.75 Å². The molecule has 0 unspecified atom stereocenters. The van der Waals surface area contributed by atoms with Gasteiger partial charge in [0.15, 0.2) is 0 Å². The van der Waals surface area contributed by atoms with Crippen molar-refractivity contribution in [3.05, 3.63) is 76.2 Å². The Bertz CT molecular complexity index is 1160. The summed E-state index contributed by atoms with van der Waals surface area (Å²) in [4.78, 5) is 39.0. The molecule has 0 bridgehead atoms. The van der Waals surface area contributed by atoms with E-state index in [1.807, 2.05) is 19.9 Å². The molecule has 0 aliphatic rings. The van der Waals surface area contributed by atoms with Crippen LogP contribution in [-0.2, 0) is 14.3 Å². The first kappa shape index (κ1) is 24.0. The first-order chi connectivity index (χ1) is 15.8. The minimum absolute atomic E-state index is 0.246. The van der Waals surface area contributed by atoms with Crippen LogP contribution in [0.15, 0.2) is 54.6 Å². The number of anilines is 2. The van der Waals surface area contributed by atoms with Crippen LogP contribution in [0.1, 0.15) is 46.3 Å². The van der Waals surface area contributed by atoms with Gasteiger partial charge in [-0.05, 0) is 38.5 Å². The third-order valence-corrected chi connectivity index (χ3v) is 6.01. The first-order valence-corrected chi connectivity index (χ1v) is 11.3. The van der Waals surface area contributed by atoms with E-state index in [4.69, 9.17) is 9.47 Å². The molecule has 172 valence electrons. The molecule has 1 heterocycles. The van der Waals surface area contributed by atoms with Crippen molar-refractivity contribution in [1.29, 1.82) is 0 Å². The zero-order chi connectivity index (χ0) is 24.0. The van der Waals surface area contributed by atoms with E-state index in [1.54, 1.807) is 55.5 Å². The highest BCUT2D eigenvalue weighted by molar-refractivity contribution is 7.16. The van der Waals surface area contributed by atoms with Crippen molar-refractivity contribution in [2.45, 2.75) is 33.8 Å². The van der Waals surface area contributed by atoms with Crippen molar-refractivity contribution in [1.82, 2.24) is 0 Å². The highest BCUT2D eigenvalue weighted by Crippen LogP contribution is 2.34. The average molecular weight is 467 g/mol. The Kier molecular flexibility index (Phi) is 7.84. The molecule has 1 atom stereocenters. The van der Waals surface area contributed by atoms with Gasteiger partial charge in [0.05, 0.1) is 17.9 Å². The van der Waals surface area contributed by atoms with Gasteiger partial charge in [0, 0.05) is 17.4 Å². The molecule has 3 aromatic rings. The third-order valence-electron chi connectivity index (χ3n) is 4.89. The van der Waals surface area contributed by atoms with Gasteiger partial charge in [-0.25, -0.2) is 4.79 Å². The van der Waals surface area contributed by atoms with Crippen molar-refractivity contribution in [3.63, 3.8) is 0 Å². The van der Waals surface area contributed by atoms with Gasteiger partial charge in [-0.1, -0.05) is 42.5 Å². The summed E-state index contributed by atoms with van der Waals surface area (Å²) in [5.41, 5.74) is 1.93. The van der Waals surface area contributed by atoms with Crippen LogP contribution in [0.2, 0.25) is 0 Å². The maximum atomic E-state index is 13.3. The molecule has 0 radical (unpaired) electrons. The molecule has 0 fully saturated rings. The molecule has 0 aliphatic carbocycles. The predicted octanol–water partition coefficient (Wildman–Crippen LogP) is 5.26. The van der Waals surface area contributed by atoms with Crippen LogP contribution in [-0.4, -0.2) is 24.4 Å². The smallest absolute Gasteiger partial charge is 0.342 e. The lowest BCUT2D eigenvalue weighted by atomic mass is 10.1. The number of esters is 1. The van der Waals surface area contributed by atoms with Crippen molar-refractivity contribution in [2.75, 3.05) is 17.2 Å². The highest BCUT2D eigenvalue weighted by atomic mass is 32.1. The van der Waals surface area contributed by atoms with Gasteiger partial charge in [-0.2, -0.15) is 0 Å². The van der Waals surface area contributed by atoms with E-state index >= 15 is 0 Å². The maximum absolute atomic E-state index is 13.3. The maximum Gasteiger partial charge on any atom is 0.342 e. The molecule has 2 aromatic carbocycles. The van der Waals surface area contributed by atoms with Gasteiger partial charge >= 0.3 is 5.97 Å². The Balaban J connectivity index is 1.93. The van der Waals surface area contributed by atoms with Gasteiger partial charge in [0.2, 0.25) is 12.0 Å². The van der Waals surface area contributed by atoms with Crippen LogP contribution in [0.4, 0.5) is 10.7 Å². The van der Waals surface area contributed by atoms with E-state index in [0.717, 1.165) is 4.88 Å². The number of carbonyl (C=O) groups is 3. The predicted molar refractivity (Wildman–Crippen MR) is 129 cm³/mol. The summed E-state index contributed by atoms with van der Waals surface area (Å²) in [5.74, 6) is -0.992. The number of hydrogen-bond donors (Lipinski definition) is 2. The molecule has 2 amide bonds. The van der Waals surface area contributed by atoms with Crippen molar-refractivity contribution < 1.29 is 23.9 Å². The van der Waals surface area contributed by atoms with Gasteiger partial charge in [0.1, 0.15) is 10.8 Å². The topological polar surface area (TPSA) is 93.7 Å². The number of carbonyl (C=O) groups excluding carboxylic acids is 3. The molecule has 3 rings (SSSR count). The van der Waals surface area contributed by atoms with E-state index in [2.05, 4.69) is 10.6 Å². The van der Waals surface area contributed by atoms with E-state index in [9.17, 15) is 14.4 Å². The summed E-state index contributed by atoms with van der Waals surface area (Å²) in [7, 11) is 0. The van der Waals surface area contributed by atoms with Crippen molar-refractivity contribution in [2.24, 2.45) is 0 Å². The standard InChI is InChI=1S/C25H26N2O5S/c1-5-31-20-14-10-9-13-19(20)27-23(29)22(18-11-7-6-8-12-18)32-25(30)21-15(2)16(3)33-24(21)26-17(4)28/h6-14,22H,5H2,1-4H3,(H,26,28)(H,27,29)/t22-/m1/s1. The van der Waals surface area contributed by atoms with Crippen LogP contribution in [0, 0.1) is 13.8 Å². The molecule has 8 heteroatoms. The number of aryl methyl sites for hydroxylation is 1. The average Bonchev–Trinajstić information content (AvgIpc) is 3.06. The zero-order valence-corrected chi connectivity index (χ0v) is 19.7. The van der Waals surface area contributed by atoms with Crippen LogP contribution in [0.25, 0.3) is 0 Å². The first-order valence-electron chi connectivity index (χ1n) is 10.5. The van der Waals surface area contributed by atoms with E-state index in [0.29, 0.717) is 34.2 Å². The number of para-hydroxylation sites is 2. The molecule has 0 saturated heterocycles. The molecule has 0 spiro atoms. The molecule has 1 aromatic heterocycles. The van der Waals surface area contributed by atoms with Crippen molar-refractivity contribution in [3.8, 4) is 5.75 Å². The fraction of sp³-hybridized carbons (Fsp3) is 0.240. The minimum atomic E-state index is -1.21. The summed E-state index contributed by atoms with van der Waals surface area (Å²) < 4.78 is 11.3. The second-order valence-electron chi connectivity index (χ2n) is 7.28. The zero-order valence-electron chi connectivity index (χ0n) is 18.9. The minimum Gasteiger partial charge on any atom is -0.492 e. The number of benzene rings is 2. The SMILES string of the molecule is CCOc1ccccc1NC(=O)[C@H](OC(=O)c1c(NC(C)=O)sc(C)c1C)c1ccccc1. The fourth-order valence-corrected chi connectivity index (χ4v) is 4.33. The number of nitrogens with one attached hydrogen (secondary N) is 2. The van der Waals surface area contributed by atoms with Crippen LogP contribution < -0.4 is 15.4 Å². The number of hydrogen-bond acceptors (Lipinski definition) is 6. The molecular weight excluding hydrogens is 440 g/mol. The molecule has 7 nitrogen and oxygen atoms in total. The molecule has 0 aliphatic heterocycles. The number of amides is 2. The summed E-state index contributed by atoms with van der Waals surface area (Å²) in [5, 5.41) is 5.89. The molecule has 33 heavy (non-hydrogen) atoms. The lowest BCUT2D eigenvalue weighted by Crippen LogP contribution is -2.26. The highest BCUT2D eigenvalue weighted by Gasteiger charge is 2.30. The monoisotopic (exact) mass is 466 g/mol. The third kappa shape index (κ3) is 5.78. The lowest BCUT2D eigenvalue weighted by Gasteiger charge is -2.19. The normalized spacial score (nSPS) is 11.4. The number of rotatable bonds is 8. The second kappa shape index (κ2) is 10.8. The number of ether oxygens (including phenoxy) is 2. The Morgan fingerprint density at radius 1 is 0.970 bits per heavy atom. The van der Waals surface area contributed by atoms with E-state index < -0.39 is 18.0 Å². The van der Waals surface area contributed by atoms with Gasteiger partial charge < -0.3 is 20.1 Å². The number of thiophene rings is 1. The lowest BCUT2D eigenvalue weighted by molar-refractivity contribution is -0.125. The molecule has 2 N–H and O–H groups in total. The van der Waals surface area contributed by atoms with Gasteiger partial charge in [-0.3, -0.25) is 9.59 Å². The van der Waals surface area contributed by atoms with Gasteiger partial charge in [-0.15, -0.1) is 11.3 Å². The summed E-state index contributed by atoms with van der Waals surface area (Å²) >= 11 is 1.29. The Morgan fingerprint density at radius 2 is 1.64 bits per heavy atom. The second-order valence-corrected chi connectivity index (χ2v) is 8.51. The van der Waals surface area contributed by atoms with Gasteiger partial charge in [0.25, 0.3) is 5.91 Å². The van der Waals surface area contributed by atoms with Crippen molar-refractivity contribution >= 4 is 39.8 Å². The summed E-state index contributed by atoms with van der Waals surface area (Å²) in [6, 6.07) is 15.8. The van der Waals surface area contributed by atoms with Crippen LogP contribution in [0.3, 0.4) is 0 Å².